The zero-order valence-corrected chi connectivity index (χ0v) is 6.28. The Bertz CT molecular complexity index is 408. The van der Waals surface area contributed by atoms with E-state index in [0.717, 1.165) is 5.52 Å². The van der Waals surface area contributed by atoms with E-state index in [2.05, 4.69) is 9.97 Å². The Morgan fingerprint density at radius 1 is 1.42 bits per heavy atom. The molecule has 12 heavy (non-hydrogen) atoms. The highest BCUT2D eigenvalue weighted by Gasteiger charge is 2.03. The second kappa shape index (κ2) is 2.49. The van der Waals surface area contributed by atoms with Gasteiger partial charge in [-0.05, 0) is 17.7 Å². The van der Waals surface area contributed by atoms with Gasteiger partial charge in [-0.2, -0.15) is 0 Å². The molecule has 0 aliphatic rings. The first-order chi connectivity index (χ1) is 5.81. The number of aromatic hydroxyl groups is 1. The molecule has 0 atom stereocenters. The van der Waals surface area contributed by atoms with Gasteiger partial charge in [-0.15, -0.1) is 0 Å². The first-order valence-corrected chi connectivity index (χ1v) is 3.57. The molecule has 0 aliphatic carbocycles. The molecule has 0 saturated carbocycles. The summed E-state index contributed by atoms with van der Waals surface area (Å²) < 4.78 is 0. The van der Waals surface area contributed by atoms with Crippen LogP contribution in [0, 0.1) is 0 Å². The van der Waals surface area contributed by atoms with Crippen molar-refractivity contribution in [2.45, 2.75) is 6.61 Å². The van der Waals surface area contributed by atoms with E-state index in [9.17, 15) is 5.11 Å². The molecule has 0 aliphatic heterocycles. The van der Waals surface area contributed by atoms with Crippen molar-refractivity contribution in [1.82, 2.24) is 9.97 Å². The standard InChI is InChI=1S/C8H8N2O2/c11-3-5-1-6-8(7(12)2-5)10-4-9-6/h1-2,4,11-12H,3H2,(H,9,10). The Morgan fingerprint density at radius 2 is 2.25 bits per heavy atom. The van der Waals surface area contributed by atoms with Crippen LogP contribution in [-0.4, -0.2) is 20.2 Å². The summed E-state index contributed by atoms with van der Waals surface area (Å²) in [6.45, 7) is -0.0808. The molecule has 3 N–H and O–H groups in total. The fraction of sp³-hybridized carbons (Fsp3) is 0.125. The van der Waals surface area contributed by atoms with Crippen molar-refractivity contribution >= 4 is 11.0 Å². The molecule has 0 saturated heterocycles. The molecule has 0 radical (unpaired) electrons. The van der Waals surface area contributed by atoms with Crippen LogP contribution in [0.4, 0.5) is 0 Å². The van der Waals surface area contributed by atoms with Crippen LogP contribution >= 0.6 is 0 Å². The van der Waals surface area contributed by atoms with Crippen LogP contribution in [0.5, 0.6) is 5.75 Å². The zero-order chi connectivity index (χ0) is 8.55. The number of rotatable bonds is 1. The highest BCUT2D eigenvalue weighted by molar-refractivity contribution is 5.81. The average molecular weight is 164 g/mol. The fourth-order valence-electron chi connectivity index (χ4n) is 1.18. The molecule has 1 aromatic heterocycles. The lowest BCUT2D eigenvalue weighted by atomic mass is 10.2. The van der Waals surface area contributed by atoms with Gasteiger partial charge >= 0.3 is 0 Å². The van der Waals surface area contributed by atoms with Crippen molar-refractivity contribution in [1.29, 1.82) is 0 Å². The smallest absolute Gasteiger partial charge is 0.143 e. The van der Waals surface area contributed by atoms with E-state index >= 15 is 0 Å². The van der Waals surface area contributed by atoms with E-state index < -0.39 is 0 Å². The van der Waals surface area contributed by atoms with Crippen LogP contribution in [-0.2, 0) is 6.61 Å². The first kappa shape index (κ1) is 7.12. The second-order valence-corrected chi connectivity index (χ2v) is 2.57. The number of fused-ring (bicyclic) bond motifs is 1. The van der Waals surface area contributed by atoms with Crippen molar-refractivity contribution < 1.29 is 10.2 Å². The number of aliphatic hydroxyl groups excluding tert-OH is 1. The Labute approximate surface area is 68.5 Å². The number of imidazole rings is 1. The summed E-state index contributed by atoms with van der Waals surface area (Å²) in [4.78, 5) is 6.76. The van der Waals surface area contributed by atoms with Crippen LogP contribution < -0.4 is 0 Å². The third kappa shape index (κ3) is 0.931. The molecule has 2 aromatic rings. The molecule has 62 valence electrons. The van der Waals surface area contributed by atoms with Gasteiger partial charge in [0.2, 0.25) is 0 Å². The topological polar surface area (TPSA) is 69.1 Å². The van der Waals surface area contributed by atoms with E-state index in [0.29, 0.717) is 11.1 Å². The molecule has 0 amide bonds. The van der Waals surface area contributed by atoms with Crippen molar-refractivity contribution in [2.75, 3.05) is 0 Å². The molecule has 0 fully saturated rings. The maximum atomic E-state index is 9.38. The lowest BCUT2D eigenvalue weighted by Gasteiger charge is -1.97. The zero-order valence-electron chi connectivity index (χ0n) is 6.28. The van der Waals surface area contributed by atoms with Gasteiger partial charge in [0.05, 0.1) is 18.5 Å². The number of H-pyrrole nitrogens is 1. The summed E-state index contributed by atoms with van der Waals surface area (Å²) in [5, 5.41) is 18.2. The van der Waals surface area contributed by atoms with E-state index in [4.69, 9.17) is 5.11 Å². The lowest BCUT2D eigenvalue weighted by molar-refractivity contribution is 0.281. The van der Waals surface area contributed by atoms with Crippen LogP contribution in [0.3, 0.4) is 0 Å². The van der Waals surface area contributed by atoms with Crippen LogP contribution in [0.15, 0.2) is 18.5 Å². The normalized spacial score (nSPS) is 10.8. The number of benzene rings is 1. The monoisotopic (exact) mass is 164 g/mol. The molecule has 0 unspecified atom stereocenters. The van der Waals surface area contributed by atoms with Crippen molar-refractivity contribution in [2.24, 2.45) is 0 Å². The number of hydrogen-bond donors (Lipinski definition) is 3. The average Bonchev–Trinajstić information content (AvgIpc) is 2.52. The van der Waals surface area contributed by atoms with E-state index in [1.807, 2.05) is 0 Å². The van der Waals surface area contributed by atoms with Gasteiger partial charge in [-0.25, -0.2) is 4.98 Å². The Morgan fingerprint density at radius 3 is 3.00 bits per heavy atom. The number of phenols is 1. The number of nitrogens with zero attached hydrogens (tertiary/aromatic N) is 1. The van der Waals surface area contributed by atoms with E-state index in [1.165, 1.54) is 12.4 Å². The largest absolute Gasteiger partial charge is 0.506 e. The molecule has 0 spiro atoms. The van der Waals surface area contributed by atoms with Crippen molar-refractivity contribution in [3.8, 4) is 5.75 Å². The number of aromatic amines is 1. The molecular weight excluding hydrogens is 156 g/mol. The fourth-order valence-corrected chi connectivity index (χ4v) is 1.18. The summed E-state index contributed by atoms with van der Waals surface area (Å²) in [6, 6.07) is 3.26. The second-order valence-electron chi connectivity index (χ2n) is 2.57. The summed E-state index contributed by atoms with van der Waals surface area (Å²) in [5.74, 6) is 0.0952. The number of hydrogen-bond acceptors (Lipinski definition) is 3. The SMILES string of the molecule is OCc1cc(O)c2nc[nH]c2c1. The highest BCUT2D eigenvalue weighted by atomic mass is 16.3. The van der Waals surface area contributed by atoms with E-state index in [1.54, 1.807) is 6.07 Å². The Kier molecular flexibility index (Phi) is 1.48. The number of phenolic OH excluding ortho intramolecular Hbond substituents is 1. The van der Waals surface area contributed by atoms with Crippen LogP contribution in [0.2, 0.25) is 0 Å². The number of aromatic nitrogens is 2. The highest BCUT2D eigenvalue weighted by Crippen LogP contribution is 2.22. The van der Waals surface area contributed by atoms with Crippen LogP contribution in [0.25, 0.3) is 11.0 Å². The molecule has 1 heterocycles. The molecule has 4 heteroatoms. The lowest BCUT2D eigenvalue weighted by Crippen LogP contribution is -1.82. The minimum atomic E-state index is -0.0808. The predicted octanol–water partition coefficient (Wildman–Crippen LogP) is 0.761. The molecule has 0 bridgehead atoms. The van der Waals surface area contributed by atoms with Crippen molar-refractivity contribution in [3.05, 3.63) is 24.0 Å². The molecule has 2 rings (SSSR count). The van der Waals surface area contributed by atoms with Gasteiger partial charge < -0.3 is 15.2 Å². The van der Waals surface area contributed by atoms with Gasteiger partial charge in [0.15, 0.2) is 0 Å². The molecular formula is C8H8N2O2. The van der Waals surface area contributed by atoms with Crippen molar-refractivity contribution in [3.63, 3.8) is 0 Å². The maximum Gasteiger partial charge on any atom is 0.143 e. The number of nitrogens with one attached hydrogen (secondary N) is 1. The first-order valence-electron chi connectivity index (χ1n) is 3.57. The quantitative estimate of drug-likeness (QED) is 0.582. The molecule has 1 aromatic carbocycles. The number of aliphatic hydroxyl groups is 1. The summed E-state index contributed by atoms with van der Waals surface area (Å²) in [5.41, 5.74) is 1.94. The summed E-state index contributed by atoms with van der Waals surface area (Å²) >= 11 is 0. The summed E-state index contributed by atoms with van der Waals surface area (Å²) in [6.07, 6.45) is 1.51. The van der Waals surface area contributed by atoms with Gasteiger partial charge in [0.1, 0.15) is 11.3 Å². The van der Waals surface area contributed by atoms with E-state index in [-0.39, 0.29) is 12.4 Å². The third-order valence-corrected chi connectivity index (χ3v) is 1.75. The minimum absolute atomic E-state index is 0.0808. The van der Waals surface area contributed by atoms with Gasteiger partial charge in [0.25, 0.3) is 0 Å². The Balaban J connectivity index is 2.75. The maximum absolute atomic E-state index is 9.38. The van der Waals surface area contributed by atoms with Crippen LogP contribution in [0.1, 0.15) is 5.56 Å². The van der Waals surface area contributed by atoms with Gasteiger partial charge in [0, 0.05) is 0 Å². The third-order valence-electron chi connectivity index (χ3n) is 1.75. The predicted molar refractivity (Wildman–Crippen MR) is 43.7 cm³/mol. The van der Waals surface area contributed by atoms with Gasteiger partial charge in [-0.3, -0.25) is 0 Å². The molecule has 4 nitrogen and oxygen atoms in total. The summed E-state index contributed by atoms with van der Waals surface area (Å²) in [7, 11) is 0. The van der Waals surface area contributed by atoms with Gasteiger partial charge in [-0.1, -0.05) is 0 Å². The Hall–Kier alpha value is -1.55. The minimum Gasteiger partial charge on any atom is -0.506 e.